The highest BCUT2D eigenvalue weighted by molar-refractivity contribution is 5.66. The van der Waals surface area contributed by atoms with E-state index >= 15 is 0 Å². The monoisotopic (exact) mass is 476 g/mol. The van der Waals surface area contributed by atoms with Crippen LogP contribution in [0.4, 0.5) is 0 Å². The molecule has 12 atom stereocenters. The van der Waals surface area contributed by atoms with Crippen molar-refractivity contribution in [1.29, 1.82) is 0 Å². The van der Waals surface area contributed by atoms with E-state index in [1.165, 1.54) is 44.9 Å². The van der Waals surface area contributed by atoms with Crippen LogP contribution in [0.1, 0.15) is 99.3 Å². The van der Waals surface area contributed by atoms with Crippen molar-refractivity contribution in [2.75, 3.05) is 13.9 Å². The van der Waals surface area contributed by atoms with E-state index in [1.807, 2.05) is 0 Å². The van der Waals surface area contributed by atoms with Crippen molar-refractivity contribution in [3.8, 4) is 0 Å². The van der Waals surface area contributed by atoms with Gasteiger partial charge < -0.3 is 14.6 Å². The van der Waals surface area contributed by atoms with Gasteiger partial charge in [0.25, 0.3) is 0 Å². The van der Waals surface area contributed by atoms with Crippen molar-refractivity contribution < 1.29 is 19.4 Å². The SMILES string of the molecule is CC[C@H]1[C@@H](OCOC)C2C3CC[C@H]([C@H](C)CCC(=O)O)[C@@]3(C)[C@@H](C)CC2[C@@]2(C)CC[C@@H](C)C[C@@H]12. The van der Waals surface area contributed by atoms with Gasteiger partial charge in [0.05, 0.1) is 6.10 Å². The number of carbonyl (C=O) groups is 1. The van der Waals surface area contributed by atoms with E-state index in [0.29, 0.717) is 60.2 Å². The minimum atomic E-state index is -0.653. The summed E-state index contributed by atoms with van der Waals surface area (Å²) in [6, 6.07) is 0. The Morgan fingerprint density at radius 3 is 2.47 bits per heavy atom. The number of methoxy groups -OCH3 is 1. The van der Waals surface area contributed by atoms with Crippen LogP contribution in [0, 0.1) is 64.1 Å². The van der Waals surface area contributed by atoms with Crippen LogP contribution in [-0.2, 0) is 14.3 Å². The van der Waals surface area contributed by atoms with Gasteiger partial charge >= 0.3 is 5.97 Å². The van der Waals surface area contributed by atoms with Gasteiger partial charge in [0.15, 0.2) is 0 Å². The Morgan fingerprint density at radius 1 is 1.09 bits per heavy atom. The lowest BCUT2D eigenvalue weighted by Gasteiger charge is -2.67. The molecule has 0 aliphatic heterocycles. The molecule has 4 saturated carbocycles. The molecule has 196 valence electrons. The molecule has 0 radical (unpaired) electrons. The Bertz CT molecular complexity index is 723. The molecule has 4 aliphatic carbocycles. The topological polar surface area (TPSA) is 55.8 Å². The van der Waals surface area contributed by atoms with Crippen LogP contribution < -0.4 is 0 Å². The summed E-state index contributed by atoms with van der Waals surface area (Å²) < 4.78 is 12.2. The van der Waals surface area contributed by atoms with E-state index in [-0.39, 0.29) is 5.41 Å². The maximum absolute atomic E-state index is 11.3. The van der Waals surface area contributed by atoms with Crippen molar-refractivity contribution in [3.05, 3.63) is 0 Å². The average molecular weight is 477 g/mol. The summed E-state index contributed by atoms with van der Waals surface area (Å²) in [5.74, 6) is 5.31. The van der Waals surface area contributed by atoms with E-state index in [0.717, 1.165) is 24.2 Å². The van der Waals surface area contributed by atoms with Gasteiger partial charge in [0.1, 0.15) is 6.79 Å². The van der Waals surface area contributed by atoms with Gasteiger partial charge in [-0.3, -0.25) is 4.79 Å². The summed E-state index contributed by atoms with van der Waals surface area (Å²) in [5, 5.41) is 9.31. The molecule has 1 N–H and O–H groups in total. The number of carboxylic acids is 1. The second-order valence-corrected chi connectivity index (χ2v) is 13.5. The summed E-state index contributed by atoms with van der Waals surface area (Å²) in [6.07, 6.45) is 10.6. The van der Waals surface area contributed by atoms with Gasteiger partial charge in [0.2, 0.25) is 0 Å². The van der Waals surface area contributed by atoms with Gasteiger partial charge in [-0.1, -0.05) is 54.4 Å². The van der Waals surface area contributed by atoms with Crippen molar-refractivity contribution >= 4 is 5.97 Å². The summed E-state index contributed by atoms with van der Waals surface area (Å²) in [4.78, 5) is 11.3. The number of rotatable bonds is 8. The van der Waals surface area contributed by atoms with Crippen LogP contribution in [0.5, 0.6) is 0 Å². The quantitative estimate of drug-likeness (QED) is 0.374. The van der Waals surface area contributed by atoms with Gasteiger partial charge in [-0.2, -0.15) is 0 Å². The predicted molar refractivity (Wildman–Crippen MR) is 136 cm³/mol. The van der Waals surface area contributed by atoms with Crippen molar-refractivity contribution in [3.63, 3.8) is 0 Å². The first-order valence-electron chi connectivity index (χ1n) is 14.4. The fourth-order valence-electron chi connectivity index (χ4n) is 10.4. The normalized spacial score (nSPS) is 49.1. The maximum Gasteiger partial charge on any atom is 0.303 e. The lowest BCUT2D eigenvalue weighted by Crippen LogP contribution is -2.63. The third-order valence-electron chi connectivity index (χ3n) is 12.2. The number of aliphatic carboxylic acids is 1. The highest BCUT2D eigenvalue weighted by Crippen LogP contribution is 2.71. The largest absolute Gasteiger partial charge is 0.481 e. The molecule has 0 heterocycles. The summed E-state index contributed by atoms with van der Waals surface area (Å²) in [7, 11) is 1.76. The second-order valence-electron chi connectivity index (χ2n) is 13.5. The van der Waals surface area contributed by atoms with Crippen LogP contribution in [0.2, 0.25) is 0 Å². The third kappa shape index (κ3) is 4.17. The number of hydrogen-bond acceptors (Lipinski definition) is 3. The number of ether oxygens (including phenoxy) is 2. The molecule has 0 aromatic carbocycles. The molecule has 4 aliphatic rings. The zero-order valence-electron chi connectivity index (χ0n) is 23.0. The lowest BCUT2D eigenvalue weighted by atomic mass is 9.39. The predicted octanol–water partition coefficient (Wildman–Crippen LogP) is 7.26. The zero-order valence-corrected chi connectivity index (χ0v) is 23.0. The Kier molecular flexibility index (Phi) is 7.81. The van der Waals surface area contributed by atoms with Crippen LogP contribution in [0.3, 0.4) is 0 Å². The summed E-state index contributed by atoms with van der Waals surface area (Å²) in [5.41, 5.74) is 0.699. The molecule has 4 fully saturated rings. The number of hydrogen-bond donors (Lipinski definition) is 1. The highest BCUT2D eigenvalue weighted by Gasteiger charge is 2.66. The molecule has 34 heavy (non-hydrogen) atoms. The summed E-state index contributed by atoms with van der Waals surface area (Å²) >= 11 is 0. The molecule has 4 rings (SSSR count). The second kappa shape index (κ2) is 10.0. The van der Waals surface area contributed by atoms with Crippen molar-refractivity contribution in [1.82, 2.24) is 0 Å². The number of fused-ring (bicyclic) bond motifs is 5. The molecule has 3 unspecified atom stereocenters. The van der Waals surface area contributed by atoms with Gasteiger partial charge in [-0.15, -0.1) is 0 Å². The molecule has 0 saturated heterocycles. The first-order chi connectivity index (χ1) is 16.1. The molecule has 0 amide bonds. The fourth-order valence-corrected chi connectivity index (χ4v) is 10.4. The van der Waals surface area contributed by atoms with E-state index in [2.05, 4.69) is 41.5 Å². The first-order valence-corrected chi connectivity index (χ1v) is 14.4. The molecule has 0 bridgehead atoms. The Labute approximate surface area is 208 Å². The maximum atomic E-state index is 11.3. The molecule has 4 nitrogen and oxygen atoms in total. The van der Waals surface area contributed by atoms with E-state index in [1.54, 1.807) is 7.11 Å². The van der Waals surface area contributed by atoms with E-state index in [9.17, 15) is 9.90 Å². The number of carboxylic acid groups (broad SMARTS) is 1. The Hall–Kier alpha value is -0.610. The Morgan fingerprint density at radius 2 is 1.82 bits per heavy atom. The lowest BCUT2D eigenvalue weighted by molar-refractivity contribution is -0.240. The van der Waals surface area contributed by atoms with Crippen LogP contribution in [-0.4, -0.2) is 31.1 Å². The third-order valence-corrected chi connectivity index (χ3v) is 12.2. The smallest absolute Gasteiger partial charge is 0.303 e. The van der Waals surface area contributed by atoms with Gasteiger partial charge in [-0.25, -0.2) is 0 Å². The van der Waals surface area contributed by atoms with E-state index < -0.39 is 5.97 Å². The van der Waals surface area contributed by atoms with E-state index in [4.69, 9.17) is 9.47 Å². The Balaban J connectivity index is 1.71. The summed E-state index contributed by atoms with van der Waals surface area (Å²) in [6.45, 7) is 15.4. The fraction of sp³-hybridized carbons (Fsp3) is 0.967. The first kappa shape index (κ1) is 26.5. The van der Waals surface area contributed by atoms with Crippen LogP contribution in [0.25, 0.3) is 0 Å². The standard InChI is InChI=1S/C30H52O4/c1-8-21-24-15-18(2)13-14-29(24,5)25-16-20(4)30(6)22(19(3)9-12-26(31)32)10-11-23(30)27(25)28(21)34-17-33-7/h18-25,27-28H,8-17H2,1-7H3,(H,31,32)/t18-,19-,20+,21-,22-,23?,24+,25?,27?,28-,29+,30-/m1/s1. The highest BCUT2D eigenvalue weighted by atomic mass is 16.7. The van der Waals surface area contributed by atoms with Crippen molar-refractivity contribution in [2.45, 2.75) is 105 Å². The molecular formula is C30H52O4. The molecule has 0 spiro atoms. The van der Waals surface area contributed by atoms with Crippen molar-refractivity contribution in [2.24, 2.45) is 64.1 Å². The molecular weight excluding hydrogens is 424 g/mol. The van der Waals surface area contributed by atoms with Crippen LogP contribution in [0.15, 0.2) is 0 Å². The van der Waals surface area contributed by atoms with Gasteiger partial charge in [-0.05, 0) is 103 Å². The average Bonchev–Trinajstić information content (AvgIpc) is 3.16. The van der Waals surface area contributed by atoms with Crippen LogP contribution >= 0.6 is 0 Å². The van der Waals surface area contributed by atoms with Gasteiger partial charge in [0, 0.05) is 13.5 Å². The molecule has 4 heteroatoms. The minimum absolute atomic E-state index is 0.275. The zero-order chi connectivity index (χ0) is 24.8. The minimum Gasteiger partial charge on any atom is -0.481 e. The molecule has 0 aromatic rings. The molecule has 0 aromatic heterocycles.